The first-order chi connectivity index (χ1) is 8.55. The number of hydrogen-bond donors (Lipinski definition) is 0. The minimum atomic E-state index is -0.166. The van der Waals surface area contributed by atoms with Crippen LogP contribution in [0.15, 0.2) is 0 Å². The van der Waals surface area contributed by atoms with Gasteiger partial charge in [-0.1, -0.05) is 20.8 Å². The summed E-state index contributed by atoms with van der Waals surface area (Å²) < 4.78 is 5.64. The van der Waals surface area contributed by atoms with Crippen LogP contribution in [0.25, 0.3) is 0 Å². The molecule has 3 heteroatoms. The highest BCUT2D eigenvalue weighted by Crippen LogP contribution is 2.40. The van der Waals surface area contributed by atoms with E-state index in [4.69, 9.17) is 4.74 Å². The summed E-state index contributed by atoms with van der Waals surface area (Å²) in [5, 5.41) is 0. The quantitative estimate of drug-likeness (QED) is 0.774. The Kier molecular flexibility index (Phi) is 4.00. The van der Waals surface area contributed by atoms with Gasteiger partial charge in [-0.2, -0.15) is 0 Å². The van der Waals surface area contributed by atoms with Crippen molar-refractivity contribution in [2.45, 2.75) is 52.9 Å². The zero-order chi connectivity index (χ0) is 13.2. The summed E-state index contributed by atoms with van der Waals surface area (Å²) in [5.74, 6) is 0.356. The molecule has 0 aromatic carbocycles. The van der Waals surface area contributed by atoms with Crippen molar-refractivity contribution in [3.8, 4) is 0 Å². The second-order valence-electron chi connectivity index (χ2n) is 6.40. The van der Waals surface area contributed by atoms with Crippen molar-refractivity contribution in [3.63, 3.8) is 0 Å². The zero-order valence-corrected chi connectivity index (χ0v) is 12.1. The molecule has 3 nitrogen and oxygen atoms in total. The van der Waals surface area contributed by atoms with Crippen LogP contribution in [0, 0.1) is 10.8 Å². The molecule has 0 aromatic heterocycles. The maximum atomic E-state index is 12.6. The molecule has 0 aliphatic carbocycles. The number of nitrogens with zero attached hydrogens (tertiary/aromatic N) is 1. The van der Waals surface area contributed by atoms with Gasteiger partial charge in [-0.05, 0) is 32.1 Å². The third-order valence-corrected chi connectivity index (χ3v) is 5.21. The maximum absolute atomic E-state index is 12.6. The summed E-state index contributed by atoms with van der Waals surface area (Å²) in [4.78, 5) is 14.7. The Labute approximate surface area is 111 Å². The zero-order valence-electron chi connectivity index (χ0n) is 12.1. The maximum Gasteiger partial charge on any atom is 0.228 e. The second-order valence-corrected chi connectivity index (χ2v) is 6.40. The molecule has 0 aromatic rings. The molecule has 2 fully saturated rings. The molecule has 104 valence electrons. The van der Waals surface area contributed by atoms with Gasteiger partial charge in [-0.15, -0.1) is 0 Å². The average molecular weight is 253 g/mol. The summed E-state index contributed by atoms with van der Waals surface area (Å²) in [6, 6.07) is 0. The van der Waals surface area contributed by atoms with Gasteiger partial charge in [-0.25, -0.2) is 0 Å². The van der Waals surface area contributed by atoms with E-state index in [1.807, 2.05) is 0 Å². The third kappa shape index (κ3) is 2.42. The largest absolute Gasteiger partial charge is 0.381 e. The van der Waals surface area contributed by atoms with Crippen molar-refractivity contribution in [2.75, 3.05) is 26.3 Å². The molecule has 0 saturated carbocycles. The van der Waals surface area contributed by atoms with Crippen LogP contribution in [0.5, 0.6) is 0 Å². The summed E-state index contributed by atoms with van der Waals surface area (Å²) in [6.07, 6.45) is 5.37. The van der Waals surface area contributed by atoms with E-state index in [1.54, 1.807) is 0 Å². The molecule has 1 unspecified atom stereocenters. The van der Waals surface area contributed by atoms with E-state index in [-0.39, 0.29) is 10.8 Å². The van der Waals surface area contributed by atoms with E-state index in [0.717, 1.165) is 52.0 Å². The molecular weight excluding hydrogens is 226 g/mol. The number of amides is 1. The molecular formula is C15H27NO2. The predicted molar refractivity (Wildman–Crippen MR) is 72.4 cm³/mol. The molecule has 2 rings (SSSR count). The van der Waals surface area contributed by atoms with Crippen LogP contribution in [0.2, 0.25) is 0 Å². The molecule has 0 N–H and O–H groups in total. The van der Waals surface area contributed by atoms with Crippen LogP contribution in [-0.2, 0) is 9.53 Å². The van der Waals surface area contributed by atoms with Crippen molar-refractivity contribution >= 4 is 5.91 Å². The van der Waals surface area contributed by atoms with Crippen LogP contribution in [-0.4, -0.2) is 37.1 Å². The van der Waals surface area contributed by atoms with Gasteiger partial charge in [0.05, 0.1) is 6.61 Å². The Morgan fingerprint density at radius 3 is 2.61 bits per heavy atom. The summed E-state index contributed by atoms with van der Waals surface area (Å²) in [7, 11) is 0. The SMILES string of the molecule is CCC(C)(CC)C(=O)N1CCC2(CCCOC2)C1. The van der Waals surface area contributed by atoms with Crippen LogP contribution < -0.4 is 0 Å². The van der Waals surface area contributed by atoms with Gasteiger partial charge in [0.15, 0.2) is 0 Å². The van der Waals surface area contributed by atoms with Gasteiger partial charge < -0.3 is 9.64 Å². The molecule has 2 saturated heterocycles. The summed E-state index contributed by atoms with van der Waals surface area (Å²) >= 11 is 0. The molecule has 1 spiro atoms. The molecule has 1 amide bonds. The van der Waals surface area contributed by atoms with Gasteiger partial charge in [0, 0.05) is 30.5 Å². The van der Waals surface area contributed by atoms with Crippen LogP contribution in [0.3, 0.4) is 0 Å². The minimum Gasteiger partial charge on any atom is -0.381 e. The molecule has 0 radical (unpaired) electrons. The lowest BCUT2D eigenvalue weighted by molar-refractivity contribution is -0.141. The summed E-state index contributed by atoms with van der Waals surface area (Å²) in [6.45, 7) is 9.95. The van der Waals surface area contributed by atoms with Crippen molar-refractivity contribution in [1.29, 1.82) is 0 Å². The Hall–Kier alpha value is -0.570. The highest BCUT2D eigenvalue weighted by molar-refractivity contribution is 5.82. The fourth-order valence-corrected chi connectivity index (χ4v) is 3.27. The third-order valence-electron chi connectivity index (χ3n) is 5.21. The van der Waals surface area contributed by atoms with Crippen molar-refractivity contribution in [1.82, 2.24) is 4.90 Å². The van der Waals surface area contributed by atoms with Gasteiger partial charge in [0.25, 0.3) is 0 Å². The normalized spacial score (nSPS) is 28.9. The number of rotatable bonds is 3. The lowest BCUT2D eigenvalue weighted by Crippen LogP contribution is -2.43. The number of likely N-dealkylation sites (tertiary alicyclic amines) is 1. The van der Waals surface area contributed by atoms with Crippen LogP contribution >= 0.6 is 0 Å². The molecule has 1 atom stereocenters. The first-order valence-electron chi connectivity index (χ1n) is 7.42. The number of carbonyl (C=O) groups is 1. The van der Waals surface area contributed by atoms with E-state index in [0.29, 0.717) is 5.91 Å². The van der Waals surface area contributed by atoms with Crippen LogP contribution in [0.4, 0.5) is 0 Å². The van der Waals surface area contributed by atoms with Gasteiger partial charge in [-0.3, -0.25) is 4.79 Å². The van der Waals surface area contributed by atoms with Crippen molar-refractivity contribution < 1.29 is 9.53 Å². The first kappa shape index (κ1) is 13.9. The first-order valence-corrected chi connectivity index (χ1v) is 7.42. The molecule has 18 heavy (non-hydrogen) atoms. The monoisotopic (exact) mass is 253 g/mol. The van der Waals surface area contributed by atoms with Crippen molar-refractivity contribution in [2.24, 2.45) is 10.8 Å². The smallest absolute Gasteiger partial charge is 0.228 e. The Morgan fingerprint density at radius 2 is 2.06 bits per heavy atom. The highest BCUT2D eigenvalue weighted by atomic mass is 16.5. The van der Waals surface area contributed by atoms with E-state index in [2.05, 4.69) is 25.7 Å². The second kappa shape index (κ2) is 5.20. The molecule has 0 bridgehead atoms. The Morgan fingerprint density at radius 1 is 1.33 bits per heavy atom. The number of ether oxygens (including phenoxy) is 1. The van der Waals surface area contributed by atoms with E-state index >= 15 is 0 Å². The van der Waals surface area contributed by atoms with Crippen molar-refractivity contribution in [3.05, 3.63) is 0 Å². The van der Waals surface area contributed by atoms with E-state index in [9.17, 15) is 4.79 Å². The molecule has 2 aliphatic rings. The fraction of sp³-hybridized carbons (Fsp3) is 0.933. The predicted octanol–water partition coefficient (Wildman–Crippen LogP) is 2.84. The number of carbonyl (C=O) groups excluding carboxylic acids is 1. The molecule has 2 aliphatic heterocycles. The van der Waals surface area contributed by atoms with Crippen LogP contribution in [0.1, 0.15) is 52.9 Å². The van der Waals surface area contributed by atoms with Gasteiger partial charge >= 0.3 is 0 Å². The topological polar surface area (TPSA) is 29.5 Å². The van der Waals surface area contributed by atoms with E-state index < -0.39 is 0 Å². The standard InChI is InChI=1S/C15H27NO2/c1-4-14(3,5-2)13(17)16-9-8-15(11-16)7-6-10-18-12-15/h4-12H2,1-3H3. The van der Waals surface area contributed by atoms with Gasteiger partial charge in [0.2, 0.25) is 5.91 Å². The van der Waals surface area contributed by atoms with E-state index in [1.165, 1.54) is 6.42 Å². The molecule has 2 heterocycles. The highest BCUT2D eigenvalue weighted by Gasteiger charge is 2.44. The van der Waals surface area contributed by atoms with Gasteiger partial charge in [0.1, 0.15) is 0 Å². The lowest BCUT2D eigenvalue weighted by atomic mass is 9.81. The lowest BCUT2D eigenvalue weighted by Gasteiger charge is -2.35. The minimum absolute atomic E-state index is 0.166. The summed E-state index contributed by atoms with van der Waals surface area (Å²) in [5.41, 5.74) is 0.108. The Balaban J connectivity index is 2.02. The Bertz CT molecular complexity index is 304. The number of hydrogen-bond acceptors (Lipinski definition) is 2. The fourth-order valence-electron chi connectivity index (χ4n) is 3.27. The average Bonchev–Trinajstić information content (AvgIpc) is 2.81.